The highest BCUT2D eigenvalue weighted by molar-refractivity contribution is 7.98. The minimum absolute atomic E-state index is 0.489. The third kappa shape index (κ3) is 2.04. The SMILES string of the molecule is NN1CCCCCC1c1cc2c(s1)CSC2. The second kappa shape index (κ2) is 4.69. The van der Waals surface area contributed by atoms with E-state index < -0.39 is 0 Å². The van der Waals surface area contributed by atoms with Crippen molar-refractivity contribution in [3.63, 3.8) is 0 Å². The fraction of sp³-hybridized carbons (Fsp3) is 0.667. The zero-order chi connectivity index (χ0) is 11.0. The molecule has 4 heteroatoms. The topological polar surface area (TPSA) is 29.3 Å². The first-order valence-corrected chi connectivity index (χ1v) is 8.02. The van der Waals surface area contributed by atoms with Crippen molar-refractivity contribution in [3.05, 3.63) is 21.4 Å². The highest BCUT2D eigenvalue weighted by Gasteiger charge is 2.24. The molecule has 1 saturated heterocycles. The summed E-state index contributed by atoms with van der Waals surface area (Å²) in [6.07, 6.45) is 5.16. The Hall–Kier alpha value is -0.0300. The van der Waals surface area contributed by atoms with Crippen molar-refractivity contribution < 1.29 is 0 Å². The minimum atomic E-state index is 0.489. The van der Waals surface area contributed by atoms with Gasteiger partial charge in [-0.05, 0) is 24.5 Å². The Kier molecular flexibility index (Phi) is 3.25. The summed E-state index contributed by atoms with van der Waals surface area (Å²) in [6, 6.07) is 2.90. The van der Waals surface area contributed by atoms with Crippen LogP contribution < -0.4 is 5.84 Å². The molecule has 0 saturated carbocycles. The smallest absolute Gasteiger partial charge is 0.0584 e. The third-order valence-electron chi connectivity index (χ3n) is 3.53. The number of rotatable bonds is 1. The number of fused-ring (bicyclic) bond motifs is 1. The number of hydrogen-bond donors (Lipinski definition) is 1. The number of thioether (sulfide) groups is 1. The first-order chi connectivity index (χ1) is 7.84. The van der Waals surface area contributed by atoms with Gasteiger partial charge >= 0.3 is 0 Å². The Labute approximate surface area is 105 Å². The number of nitrogens with two attached hydrogens (primary N) is 1. The summed E-state index contributed by atoms with van der Waals surface area (Å²) in [5.41, 5.74) is 1.57. The van der Waals surface area contributed by atoms with E-state index in [0.29, 0.717) is 6.04 Å². The van der Waals surface area contributed by atoms with Gasteiger partial charge in [0, 0.05) is 27.8 Å². The molecule has 2 N–H and O–H groups in total. The quantitative estimate of drug-likeness (QED) is 0.780. The largest absolute Gasteiger partial charge is 0.268 e. The standard InChI is InChI=1S/C12H18N2S2/c13-14-5-3-1-2-4-10(14)11-6-9-7-15-8-12(9)16-11/h6,10H,1-5,7-8,13H2. The zero-order valence-corrected chi connectivity index (χ0v) is 11.1. The van der Waals surface area contributed by atoms with Crippen LogP contribution in [0.4, 0.5) is 0 Å². The molecule has 3 heterocycles. The predicted octanol–water partition coefficient (Wildman–Crippen LogP) is 3.29. The normalized spacial score (nSPS) is 26.7. The van der Waals surface area contributed by atoms with Gasteiger partial charge in [-0.25, -0.2) is 5.01 Å². The van der Waals surface area contributed by atoms with Crippen molar-refractivity contribution in [3.8, 4) is 0 Å². The number of nitrogens with zero attached hydrogens (tertiary/aromatic N) is 1. The number of hydrogen-bond acceptors (Lipinski definition) is 4. The van der Waals surface area contributed by atoms with Gasteiger partial charge in [0.25, 0.3) is 0 Å². The molecule has 1 aromatic heterocycles. The van der Waals surface area contributed by atoms with Crippen molar-refractivity contribution in [2.75, 3.05) is 6.54 Å². The molecule has 0 bridgehead atoms. The van der Waals surface area contributed by atoms with E-state index >= 15 is 0 Å². The van der Waals surface area contributed by atoms with Gasteiger partial charge in [-0.2, -0.15) is 11.8 Å². The van der Waals surface area contributed by atoms with Crippen molar-refractivity contribution in [1.82, 2.24) is 5.01 Å². The maximum atomic E-state index is 6.16. The lowest BCUT2D eigenvalue weighted by atomic mass is 10.1. The van der Waals surface area contributed by atoms with Gasteiger partial charge < -0.3 is 0 Å². The summed E-state index contributed by atoms with van der Waals surface area (Å²) in [5, 5.41) is 2.07. The summed E-state index contributed by atoms with van der Waals surface area (Å²) in [6.45, 7) is 1.06. The van der Waals surface area contributed by atoms with Crippen LogP contribution in [0.15, 0.2) is 6.07 Å². The molecule has 1 aromatic rings. The van der Waals surface area contributed by atoms with Gasteiger partial charge in [0.1, 0.15) is 0 Å². The first-order valence-electron chi connectivity index (χ1n) is 6.05. The Morgan fingerprint density at radius 1 is 1.25 bits per heavy atom. The average Bonchev–Trinajstić information content (AvgIpc) is 2.77. The van der Waals surface area contributed by atoms with E-state index in [0.717, 1.165) is 6.54 Å². The molecular weight excluding hydrogens is 236 g/mol. The molecule has 2 aliphatic rings. The van der Waals surface area contributed by atoms with Crippen LogP contribution in [0.1, 0.15) is 47.0 Å². The lowest BCUT2D eigenvalue weighted by Gasteiger charge is -2.24. The van der Waals surface area contributed by atoms with Gasteiger partial charge in [-0.1, -0.05) is 12.8 Å². The average molecular weight is 254 g/mol. The molecule has 0 spiro atoms. The van der Waals surface area contributed by atoms with Crippen molar-refractivity contribution in [2.45, 2.75) is 43.2 Å². The Morgan fingerprint density at radius 3 is 3.06 bits per heavy atom. The highest BCUT2D eigenvalue weighted by atomic mass is 32.2. The fourth-order valence-electron chi connectivity index (χ4n) is 2.59. The van der Waals surface area contributed by atoms with E-state index in [1.165, 1.54) is 42.1 Å². The second-order valence-corrected chi connectivity index (χ2v) is 6.85. The van der Waals surface area contributed by atoms with Crippen LogP contribution in [0.25, 0.3) is 0 Å². The van der Waals surface area contributed by atoms with Crippen LogP contribution >= 0.6 is 23.1 Å². The first kappa shape index (κ1) is 11.1. The van der Waals surface area contributed by atoms with E-state index in [2.05, 4.69) is 11.1 Å². The van der Waals surface area contributed by atoms with Gasteiger partial charge in [0.05, 0.1) is 6.04 Å². The van der Waals surface area contributed by atoms with Gasteiger partial charge in [0.15, 0.2) is 0 Å². The van der Waals surface area contributed by atoms with Crippen LogP contribution in [0, 0.1) is 0 Å². The molecule has 0 aromatic carbocycles. The molecule has 16 heavy (non-hydrogen) atoms. The van der Waals surface area contributed by atoms with Crippen LogP contribution in [0.3, 0.4) is 0 Å². The molecule has 0 amide bonds. The second-order valence-electron chi connectivity index (χ2n) is 4.69. The van der Waals surface area contributed by atoms with Gasteiger partial charge in [-0.3, -0.25) is 5.84 Å². The minimum Gasteiger partial charge on any atom is -0.268 e. The summed E-state index contributed by atoms with van der Waals surface area (Å²) >= 11 is 4.03. The summed E-state index contributed by atoms with van der Waals surface area (Å²) in [4.78, 5) is 3.10. The van der Waals surface area contributed by atoms with E-state index in [1.54, 1.807) is 10.4 Å². The molecule has 0 radical (unpaired) electrons. The van der Waals surface area contributed by atoms with Gasteiger partial charge in [0.2, 0.25) is 0 Å². The van der Waals surface area contributed by atoms with Crippen LogP contribution in [-0.4, -0.2) is 11.6 Å². The molecule has 1 fully saturated rings. The summed E-state index contributed by atoms with van der Waals surface area (Å²) < 4.78 is 0. The highest BCUT2D eigenvalue weighted by Crippen LogP contribution is 2.41. The molecule has 88 valence electrons. The summed E-state index contributed by atoms with van der Waals surface area (Å²) in [7, 11) is 0. The van der Waals surface area contributed by atoms with Crippen molar-refractivity contribution >= 4 is 23.1 Å². The van der Waals surface area contributed by atoms with Gasteiger partial charge in [-0.15, -0.1) is 11.3 Å². The van der Waals surface area contributed by atoms with E-state index in [4.69, 9.17) is 5.84 Å². The van der Waals surface area contributed by atoms with E-state index in [9.17, 15) is 0 Å². The predicted molar refractivity (Wildman–Crippen MR) is 71.4 cm³/mol. The summed E-state index contributed by atoms with van der Waals surface area (Å²) in [5.74, 6) is 8.60. The molecular formula is C12H18N2S2. The molecule has 2 nitrogen and oxygen atoms in total. The lowest BCUT2D eigenvalue weighted by molar-refractivity contribution is 0.209. The molecule has 0 aliphatic carbocycles. The van der Waals surface area contributed by atoms with Crippen LogP contribution in [-0.2, 0) is 11.5 Å². The Bertz CT molecular complexity index is 354. The third-order valence-corrected chi connectivity index (χ3v) is 6.00. The molecule has 2 aliphatic heterocycles. The monoisotopic (exact) mass is 254 g/mol. The van der Waals surface area contributed by atoms with E-state index in [1.807, 2.05) is 23.1 Å². The lowest BCUT2D eigenvalue weighted by Crippen LogP contribution is -2.34. The molecule has 1 unspecified atom stereocenters. The number of hydrazine groups is 1. The Morgan fingerprint density at radius 2 is 2.19 bits per heavy atom. The van der Waals surface area contributed by atoms with Crippen molar-refractivity contribution in [1.29, 1.82) is 0 Å². The Balaban J connectivity index is 1.83. The molecule has 1 atom stereocenters. The maximum Gasteiger partial charge on any atom is 0.0584 e. The number of thiophene rings is 1. The maximum absolute atomic E-state index is 6.16. The fourth-order valence-corrected chi connectivity index (χ4v) is 5.25. The van der Waals surface area contributed by atoms with Crippen molar-refractivity contribution in [2.24, 2.45) is 5.84 Å². The van der Waals surface area contributed by atoms with Crippen LogP contribution in [0.5, 0.6) is 0 Å². The molecule has 3 rings (SSSR count). The van der Waals surface area contributed by atoms with Crippen LogP contribution in [0.2, 0.25) is 0 Å². The van der Waals surface area contributed by atoms with E-state index in [-0.39, 0.29) is 0 Å². The zero-order valence-electron chi connectivity index (χ0n) is 9.45.